The van der Waals surface area contributed by atoms with Crippen molar-refractivity contribution in [1.29, 1.82) is 0 Å². The molecule has 1 N–H and O–H groups in total. The monoisotopic (exact) mass is 281 g/mol. The minimum atomic E-state index is 0.525. The third-order valence-corrected chi connectivity index (χ3v) is 4.62. The summed E-state index contributed by atoms with van der Waals surface area (Å²) in [4.78, 5) is 0. The quantitative estimate of drug-likeness (QED) is 0.872. The first-order valence-corrected chi connectivity index (χ1v) is 6.93. The van der Waals surface area contributed by atoms with Gasteiger partial charge in [-0.15, -0.1) is 0 Å². The average molecular weight is 282 g/mol. The van der Waals surface area contributed by atoms with E-state index in [0.717, 1.165) is 5.92 Å². The van der Waals surface area contributed by atoms with Gasteiger partial charge in [-0.05, 0) is 43.5 Å². The highest BCUT2D eigenvalue weighted by Gasteiger charge is 2.22. The molecule has 0 radical (unpaired) electrons. The van der Waals surface area contributed by atoms with E-state index in [-0.39, 0.29) is 0 Å². The molecule has 2 rings (SSSR count). The highest BCUT2D eigenvalue weighted by molar-refractivity contribution is 9.10. The maximum Gasteiger partial charge on any atom is 0.0320 e. The number of benzene rings is 1. The van der Waals surface area contributed by atoms with Crippen LogP contribution in [0.4, 0.5) is 0 Å². The van der Waals surface area contributed by atoms with Crippen LogP contribution in [0, 0.1) is 12.8 Å². The van der Waals surface area contributed by atoms with Gasteiger partial charge in [-0.25, -0.2) is 0 Å². The van der Waals surface area contributed by atoms with E-state index in [1.165, 1.54) is 41.3 Å². The topological polar surface area (TPSA) is 12.0 Å². The summed E-state index contributed by atoms with van der Waals surface area (Å²) in [5, 5.41) is 3.45. The third-order valence-electron chi connectivity index (χ3n) is 3.73. The number of hydrogen-bond acceptors (Lipinski definition) is 1. The van der Waals surface area contributed by atoms with Crippen LogP contribution in [0.3, 0.4) is 0 Å². The summed E-state index contributed by atoms with van der Waals surface area (Å²) >= 11 is 3.56. The SMILES string of the molecule is CNC(CC1CCC1)c1ccc(Br)c(C)c1. The summed E-state index contributed by atoms with van der Waals surface area (Å²) in [5.74, 6) is 0.946. The Hall–Kier alpha value is -0.340. The van der Waals surface area contributed by atoms with Crippen molar-refractivity contribution in [3.05, 3.63) is 33.8 Å². The van der Waals surface area contributed by atoms with Gasteiger partial charge in [0.05, 0.1) is 0 Å². The Kier molecular flexibility index (Phi) is 4.04. The Bertz CT molecular complexity index is 358. The second-order valence-corrected chi connectivity index (χ2v) is 5.74. The summed E-state index contributed by atoms with van der Waals surface area (Å²) in [5.41, 5.74) is 2.75. The minimum absolute atomic E-state index is 0.525. The van der Waals surface area contributed by atoms with E-state index in [2.05, 4.69) is 53.4 Å². The molecule has 1 saturated carbocycles. The Morgan fingerprint density at radius 1 is 1.44 bits per heavy atom. The minimum Gasteiger partial charge on any atom is -0.313 e. The molecule has 1 fully saturated rings. The number of halogens is 1. The standard InChI is InChI=1S/C14H20BrN/c1-10-8-12(6-7-13(10)15)14(16-2)9-11-4-3-5-11/h6-8,11,14,16H,3-5,9H2,1-2H3. The lowest BCUT2D eigenvalue weighted by Crippen LogP contribution is -2.23. The van der Waals surface area contributed by atoms with E-state index >= 15 is 0 Å². The van der Waals surface area contributed by atoms with Gasteiger partial charge in [-0.1, -0.05) is 47.3 Å². The van der Waals surface area contributed by atoms with Gasteiger partial charge in [0.15, 0.2) is 0 Å². The second-order valence-electron chi connectivity index (χ2n) is 4.88. The highest BCUT2D eigenvalue weighted by Crippen LogP contribution is 2.35. The van der Waals surface area contributed by atoms with Crippen LogP contribution in [0.15, 0.2) is 22.7 Å². The van der Waals surface area contributed by atoms with E-state index < -0.39 is 0 Å². The van der Waals surface area contributed by atoms with Crippen LogP contribution in [0.25, 0.3) is 0 Å². The molecule has 88 valence electrons. The van der Waals surface area contributed by atoms with Crippen molar-refractivity contribution in [1.82, 2.24) is 5.32 Å². The zero-order chi connectivity index (χ0) is 11.5. The summed E-state index contributed by atoms with van der Waals surface area (Å²) in [6.45, 7) is 2.16. The van der Waals surface area contributed by atoms with E-state index in [1.54, 1.807) is 0 Å². The Balaban J connectivity index is 2.09. The number of hydrogen-bond donors (Lipinski definition) is 1. The van der Waals surface area contributed by atoms with E-state index in [1.807, 2.05) is 0 Å². The summed E-state index contributed by atoms with van der Waals surface area (Å²) in [6.07, 6.45) is 5.57. The summed E-state index contributed by atoms with van der Waals surface area (Å²) < 4.78 is 1.20. The molecule has 16 heavy (non-hydrogen) atoms. The first-order valence-electron chi connectivity index (χ1n) is 6.14. The third kappa shape index (κ3) is 2.67. The largest absolute Gasteiger partial charge is 0.313 e. The molecule has 1 nitrogen and oxygen atoms in total. The van der Waals surface area contributed by atoms with Gasteiger partial charge in [0.2, 0.25) is 0 Å². The maximum atomic E-state index is 3.56. The Morgan fingerprint density at radius 3 is 2.69 bits per heavy atom. The molecule has 1 aliphatic rings. The fourth-order valence-corrected chi connectivity index (χ4v) is 2.61. The first-order chi connectivity index (χ1) is 7.70. The van der Waals surface area contributed by atoms with Gasteiger partial charge in [-0.3, -0.25) is 0 Å². The van der Waals surface area contributed by atoms with Crippen molar-refractivity contribution < 1.29 is 0 Å². The highest BCUT2D eigenvalue weighted by atomic mass is 79.9. The van der Waals surface area contributed by atoms with Crippen LogP contribution in [-0.2, 0) is 0 Å². The van der Waals surface area contributed by atoms with Crippen molar-refractivity contribution in [3.8, 4) is 0 Å². The molecule has 0 heterocycles. The molecular weight excluding hydrogens is 262 g/mol. The lowest BCUT2D eigenvalue weighted by atomic mass is 9.79. The van der Waals surface area contributed by atoms with Gasteiger partial charge in [0.25, 0.3) is 0 Å². The fraction of sp³-hybridized carbons (Fsp3) is 0.571. The number of nitrogens with one attached hydrogen (secondary N) is 1. The normalized spacial score (nSPS) is 18.2. The Labute approximate surface area is 107 Å². The molecule has 0 aliphatic heterocycles. The van der Waals surface area contributed by atoms with Crippen LogP contribution in [0.5, 0.6) is 0 Å². The van der Waals surface area contributed by atoms with Crippen LogP contribution >= 0.6 is 15.9 Å². The number of aryl methyl sites for hydroxylation is 1. The predicted octanol–water partition coefficient (Wildman–Crippen LogP) is 4.21. The van der Waals surface area contributed by atoms with Gasteiger partial charge in [-0.2, -0.15) is 0 Å². The molecule has 0 bridgehead atoms. The van der Waals surface area contributed by atoms with Crippen LogP contribution < -0.4 is 5.32 Å². The van der Waals surface area contributed by atoms with Crippen LogP contribution in [0.2, 0.25) is 0 Å². The fourth-order valence-electron chi connectivity index (χ4n) is 2.37. The number of rotatable bonds is 4. The maximum absolute atomic E-state index is 3.56. The molecule has 1 aromatic rings. The molecule has 0 amide bonds. The molecule has 1 aliphatic carbocycles. The molecule has 0 aromatic heterocycles. The van der Waals surface area contributed by atoms with Crippen molar-refractivity contribution in [2.24, 2.45) is 5.92 Å². The van der Waals surface area contributed by atoms with E-state index in [0.29, 0.717) is 6.04 Å². The van der Waals surface area contributed by atoms with Gasteiger partial charge in [0, 0.05) is 10.5 Å². The van der Waals surface area contributed by atoms with Gasteiger partial charge >= 0.3 is 0 Å². The average Bonchev–Trinajstić information content (AvgIpc) is 2.21. The Morgan fingerprint density at radius 2 is 2.19 bits per heavy atom. The van der Waals surface area contributed by atoms with Gasteiger partial charge in [0.1, 0.15) is 0 Å². The van der Waals surface area contributed by atoms with Crippen LogP contribution in [0.1, 0.15) is 42.9 Å². The summed E-state index contributed by atoms with van der Waals surface area (Å²) in [6, 6.07) is 7.22. The zero-order valence-electron chi connectivity index (χ0n) is 10.1. The van der Waals surface area contributed by atoms with E-state index in [9.17, 15) is 0 Å². The summed E-state index contributed by atoms with van der Waals surface area (Å²) in [7, 11) is 2.07. The molecular formula is C14H20BrN. The zero-order valence-corrected chi connectivity index (χ0v) is 11.7. The first kappa shape index (κ1) is 12.1. The molecule has 1 unspecified atom stereocenters. The molecule has 2 heteroatoms. The molecule has 0 saturated heterocycles. The van der Waals surface area contributed by atoms with Crippen LogP contribution in [-0.4, -0.2) is 7.05 Å². The van der Waals surface area contributed by atoms with E-state index in [4.69, 9.17) is 0 Å². The predicted molar refractivity (Wildman–Crippen MR) is 72.6 cm³/mol. The molecule has 0 spiro atoms. The second kappa shape index (κ2) is 5.33. The smallest absolute Gasteiger partial charge is 0.0320 e. The lowest BCUT2D eigenvalue weighted by Gasteiger charge is -2.30. The molecule has 1 atom stereocenters. The van der Waals surface area contributed by atoms with Crippen molar-refractivity contribution in [2.75, 3.05) is 7.05 Å². The van der Waals surface area contributed by atoms with Crippen molar-refractivity contribution >= 4 is 15.9 Å². The van der Waals surface area contributed by atoms with Gasteiger partial charge < -0.3 is 5.32 Å². The van der Waals surface area contributed by atoms with Crippen molar-refractivity contribution in [3.63, 3.8) is 0 Å². The lowest BCUT2D eigenvalue weighted by molar-refractivity contribution is 0.265. The molecule has 1 aromatic carbocycles. The van der Waals surface area contributed by atoms with Crippen molar-refractivity contribution in [2.45, 2.75) is 38.6 Å².